The van der Waals surface area contributed by atoms with E-state index in [1.54, 1.807) is 13.2 Å². The zero-order valence-corrected chi connectivity index (χ0v) is 13.3. The fourth-order valence-corrected chi connectivity index (χ4v) is 2.27. The van der Waals surface area contributed by atoms with Crippen LogP contribution in [0.3, 0.4) is 0 Å². The van der Waals surface area contributed by atoms with Gasteiger partial charge in [-0.1, -0.05) is 23.7 Å². The van der Waals surface area contributed by atoms with Crippen LogP contribution in [0.4, 0.5) is 5.69 Å². The first kappa shape index (κ1) is 15.4. The Bertz CT molecular complexity index is 695. The molecule has 0 bridgehead atoms. The van der Waals surface area contributed by atoms with Crippen LogP contribution in [0.15, 0.2) is 30.3 Å². The lowest BCUT2D eigenvalue weighted by Crippen LogP contribution is -2.14. The monoisotopic (exact) mass is 303 g/mol. The summed E-state index contributed by atoms with van der Waals surface area (Å²) in [7, 11) is 1.55. The number of rotatable bonds is 3. The predicted octanol–water partition coefficient (Wildman–Crippen LogP) is 4.53. The van der Waals surface area contributed by atoms with Crippen molar-refractivity contribution in [2.45, 2.75) is 20.8 Å². The van der Waals surface area contributed by atoms with Gasteiger partial charge in [-0.25, -0.2) is 0 Å². The smallest absolute Gasteiger partial charge is 0.256 e. The molecule has 110 valence electrons. The topological polar surface area (TPSA) is 38.3 Å². The summed E-state index contributed by atoms with van der Waals surface area (Å²) in [4.78, 5) is 12.5. The number of benzene rings is 2. The van der Waals surface area contributed by atoms with Gasteiger partial charge in [-0.3, -0.25) is 4.79 Å². The van der Waals surface area contributed by atoms with Crippen LogP contribution in [0.2, 0.25) is 5.02 Å². The summed E-state index contributed by atoms with van der Waals surface area (Å²) in [5.74, 6) is 0.389. The van der Waals surface area contributed by atoms with Crippen molar-refractivity contribution in [2.75, 3.05) is 12.4 Å². The molecule has 3 nitrogen and oxygen atoms in total. The third-order valence-corrected chi connectivity index (χ3v) is 3.99. The maximum atomic E-state index is 12.5. The van der Waals surface area contributed by atoms with Gasteiger partial charge in [0.1, 0.15) is 5.75 Å². The maximum Gasteiger partial charge on any atom is 0.256 e. The highest BCUT2D eigenvalue weighted by atomic mass is 35.5. The second-order valence-electron chi connectivity index (χ2n) is 5.00. The average molecular weight is 304 g/mol. The summed E-state index contributed by atoms with van der Waals surface area (Å²) in [5, 5.41) is 3.50. The normalized spacial score (nSPS) is 10.3. The van der Waals surface area contributed by atoms with Gasteiger partial charge < -0.3 is 10.1 Å². The summed E-state index contributed by atoms with van der Waals surface area (Å²) in [6, 6.07) is 9.19. The number of nitrogens with one attached hydrogen (secondary N) is 1. The van der Waals surface area contributed by atoms with Crippen molar-refractivity contribution in [3.63, 3.8) is 0 Å². The first-order valence-electron chi connectivity index (χ1n) is 6.65. The van der Waals surface area contributed by atoms with Crippen molar-refractivity contribution >= 4 is 23.2 Å². The zero-order valence-electron chi connectivity index (χ0n) is 12.6. The molecule has 0 saturated carbocycles. The number of halogens is 1. The van der Waals surface area contributed by atoms with Gasteiger partial charge in [0, 0.05) is 16.7 Å². The van der Waals surface area contributed by atoms with E-state index >= 15 is 0 Å². The van der Waals surface area contributed by atoms with E-state index in [2.05, 4.69) is 5.32 Å². The second-order valence-corrected chi connectivity index (χ2v) is 5.41. The van der Waals surface area contributed by atoms with Crippen LogP contribution in [0.25, 0.3) is 0 Å². The number of carbonyl (C=O) groups excluding carboxylic acids is 1. The lowest BCUT2D eigenvalue weighted by Gasteiger charge is -2.14. The van der Waals surface area contributed by atoms with Crippen LogP contribution in [0.1, 0.15) is 27.0 Å². The van der Waals surface area contributed by atoms with E-state index in [4.69, 9.17) is 16.3 Å². The third kappa shape index (κ3) is 3.19. The van der Waals surface area contributed by atoms with Crippen molar-refractivity contribution in [2.24, 2.45) is 0 Å². The van der Waals surface area contributed by atoms with Crippen molar-refractivity contribution in [3.8, 4) is 5.75 Å². The van der Waals surface area contributed by atoms with Gasteiger partial charge in [0.2, 0.25) is 0 Å². The largest absolute Gasteiger partial charge is 0.495 e. The highest BCUT2D eigenvalue weighted by Gasteiger charge is 2.14. The van der Waals surface area contributed by atoms with Crippen LogP contribution < -0.4 is 10.1 Å². The number of hydrogen-bond acceptors (Lipinski definition) is 2. The van der Waals surface area contributed by atoms with E-state index in [0.29, 0.717) is 22.0 Å². The van der Waals surface area contributed by atoms with E-state index in [-0.39, 0.29) is 5.91 Å². The van der Waals surface area contributed by atoms with E-state index in [0.717, 1.165) is 16.7 Å². The van der Waals surface area contributed by atoms with Crippen LogP contribution in [0.5, 0.6) is 5.75 Å². The molecule has 1 amide bonds. The summed E-state index contributed by atoms with van der Waals surface area (Å²) >= 11 is 6.07. The Morgan fingerprint density at radius 2 is 1.86 bits per heavy atom. The summed E-state index contributed by atoms with van der Waals surface area (Å²) in [6.45, 7) is 5.81. The van der Waals surface area contributed by atoms with Gasteiger partial charge in [0.25, 0.3) is 5.91 Å². The molecule has 0 fully saturated rings. The molecule has 0 unspecified atom stereocenters. The molecule has 0 spiro atoms. The minimum atomic E-state index is -0.156. The van der Waals surface area contributed by atoms with Crippen LogP contribution in [0, 0.1) is 20.8 Å². The lowest BCUT2D eigenvalue weighted by molar-refractivity contribution is 0.102. The molecule has 2 rings (SSSR count). The Morgan fingerprint density at radius 1 is 1.14 bits per heavy atom. The Balaban J connectivity index is 2.36. The molecule has 0 saturated heterocycles. The number of anilines is 1. The Kier molecular flexibility index (Phi) is 4.53. The van der Waals surface area contributed by atoms with Crippen molar-refractivity contribution < 1.29 is 9.53 Å². The van der Waals surface area contributed by atoms with Gasteiger partial charge >= 0.3 is 0 Å². The number of aryl methyl sites for hydroxylation is 2. The summed E-state index contributed by atoms with van der Waals surface area (Å²) < 4.78 is 5.27. The average Bonchev–Trinajstić information content (AvgIpc) is 2.45. The summed E-state index contributed by atoms with van der Waals surface area (Å²) in [6.07, 6.45) is 0. The van der Waals surface area contributed by atoms with Gasteiger partial charge in [-0.05, 0) is 49.6 Å². The van der Waals surface area contributed by atoms with Crippen molar-refractivity contribution in [3.05, 3.63) is 57.6 Å². The van der Waals surface area contributed by atoms with Crippen LogP contribution in [-0.2, 0) is 0 Å². The first-order chi connectivity index (χ1) is 9.93. The fraction of sp³-hybridized carbons (Fsp3) is 0.235. The molecule has 0 aliphatic heterocycles. The van der Waals surface area contributed by atoms with Crippen molar-refractivity contribution in [1.29, 1.82) is 0 Å². The molecule has 2 aromatic rings. The molecule has 21 heavy (non-hydrogen) atoms. The van der Waals surface area contributed by atoms with E-state index in [1.165, 1.54) is 0 Å². The lowest BCUT2D eigenvalue weighted by atomic mass is 10.0. The van der Waals surface area contributed by atoms with Crippen LogP contribution in [-0.4, -0.2) is 13.0 Å². The molecular formula is C17H18ClNO2. The minimum Gasteiger partial charge on any atom is -0.495 e. The number of carbonyl (C=O) groups is 1. The van der Waals surface area contributed by atoms with Gasteiger partial charge in [0.15, 0.2) is 0 Å². The van der Waals surface area contributed by atoms with Gasteiger partial charge in [-0.15, -0.1) is 0 Å². The standard InChI is InChI=1S/C17H18ClNO2/c1-10-6-5-7-13(12(10)3)17(20)19-15-8-11(2)14(18)9-16(15)21-4/h5-9H,1-4H3,(H,19,20). The Labute approximate surface area is 129 Å². The molecule has 4 heteroatoms. The first-order valence-corrected chi connectivity index (χ1v) is 7.03. The molecule has 0 aliphatic carbocycles. The van der Waals surface area contributed by atoms with E-state index in [9.17, 15) is 4.79 Å². The highest BCUT2D eigenvalue weighted by Crippen LogP contribution is 2.31. The molecule has 0 heterocycles. The van der Waals surface area contributed by atoms with E-state index in [1.807, 2.05) is 45.0 Å². The Hall–Kier alpha value is -2.00. The molecular weight excluding hydrogens is 286 g/mol. The third-order valence-electron chi connectivity index (χ3n) is 3.58. The second kappa shape index (κ2) is 6.19. The zero-order chi connectivity index (χ0) is 15.6. The number of methoxy groups -OCH3 is 1. The molecule has 0 aromatic heterocycles. The number of amides is 1. The number of ether oxygens (including phenoxy) is 1. The molecule has 2 aromatic carbocycles. The quantitative estimate of drug-likeness (QED) is 0.905. The Morgan fingerprint density at radius 3 is 2.52 bits per heavy atom. The van der Waals surface area contributed by atoms with Gasteiger partial charge in [0.05, 0.1) is 12.8 Å². The van der Waals surface area contributed by atoms with Gasteiger partial charge in [-0.2, -0.15) is 0 Å². The number of hydrogen-bond donors (Lipinski definition) is 1. The fourth-order valence-electron chi connectivity index (χ4n) is 2.12. The van der Waals surface area contributed by atoms with Crippen LogP contribution >= 0.6 is 11.6 Å². The molecule has 0 atom stereocenters. The molecule has 0 aliphatic rings. The highest BCUT2D eigenvalue weighted by molar-refractivity contribution is 6.31. The molecule has 1 N–H and O–H groups in total. The van der Waals surface area contributed by atoms with E-state index < -0.39 is 0 Å². The van der Waals surface area contributed by atoms with Crippen molar-refractivity contribution in [1.82, 2.24) is 0 Å². The molecule has 0 radical (unpaired) electrons. The summed E-state index contributed by atoms with van der Waals surface area (Å²) in [5.41, 5.74) is 4.21. The maximum absolute atomic E-state index is 12.5. The minimum absolute atomic E-state index is 0.156. The predicted molar refractivity (Wildman–Crippen MR) is 86.6 cm³/mol. The SMILES string of the molecule is COc1cc(Cl)c(C)cc1NC(=O)c1cccc(C)c1C.